The largest absolute Gasteiger partial charge is 0.289 e. The summed E-state index contributed by atoms with van der Waals surface area (Å²) in [5.74, 6) is -0.255. The van der Waals surface area contributed by atoms with Gasteiger partial charge in [-0.2, -0.15) is 0 Å². The number of carbonyl (C=O) groups is 2. The number of carbonyl (C=O) groups excluding carboxylic acids is 2. The molecule has 1 aliphatic rings. The zero-order valence-corrected chi connectivity index (χ0v) is 18.0. The highest BCUT2D eigenvalue weighted by Crippen LogP contribution is 2.24. The average Bonchev–Trinajstić information content (AvgIpc) is 2.92. The lowest BCUT2D eigenvalue weighted by Gasteiger charge is -2.05. The maximum absolute atomic E-state index is 12.1. The zero-order valence-electron chi connectivity index (χ0n) is 18.0. The standard InChI is InChI=1S/C24H43NO2/c1-3-5-7-9-11-13-15-17-19-21-22(24(27)25-23(21)26)20-18-16-14-12-10-8-6-4-2/h3-20H2,1-2H3,(H,25,26,27). The van der Waals surface area contributed by atoms with E-state index in [9.17, 15) is 9.59 Å². The Bertz CT molecular complexity index is 413. The van der Waals surface area contributed by atoms with Gasteiger partial charge >= 0.3 is 0 Å². The molecule has 3 heteroatoms. The zero-order chi connectivity index (χ0) is 19.7. The van der Waals surface area contributed by atoms with Crippen molar-refractivity contribution in [2.75, 3.05) is 0 Å². The summed E-state index contributed by atoms with van der Waals surface area (Å²) in [4.78, 5) is 24.2. The number of rotatable bonds is 18. The van der Waals surface area contributed by atoms with E-state index in [2.05, 4.69) is 19.2 Å². The molecule has 0 saturated heterocycles. The lowest BCUT2D eigenvalue weighted by Crippen LogP contribution is -2.23. The van der Waals surface area contributed by atoms with Crippen molar-refractivity contribution in [3.8, 4) is 0 Å². The summed E-state index contributed by atoms with van der Waals surface area (Å²) in [6.07, 6.45) is 21.7. The van der Waals surface area contributed by atoms with Gasteiger partial charge in [-0.25, -0.2) is 0 Å². The van der Waals surface area contributed by atoms with Crippen molar-refractivity contribution in [2.24, 2.45) is 0 Å². The van der Waals surface area contributed by atoms with Gasteiger partial charge in [-0.3, -0.25) is 14.9 Å². The fourth-order valence-electron chi connectivity index (χ4n) is 3.93. The van der Waals surface area contributed by atoms with Crippen molar-refractivity contribution in [3.05, 3.63) is 11.1 Å². The van der Waals surface area contributed by atoms with Crippen molar-refractivity contribution in [3.63, 3.8) is 0 Å². The predicted molar refractivity (Wildman–Crippen MR) is 115 cm³/mol. The van der Waals surface area contributed by atoms with Gasteiger partial charge < -0.3 is 0 Å². The van der Waals surface area contributed by atoms with Crippen LogP contribution in [0.5, 0.6) is 0 Å². The van der Waals surface area contributed by atoms with Crippen LogP contribution in [0, 0.1) is 0 Å². The lowest BCUT2D eigenvalue weighted by atomic mass is 9.97. The molecule has 0 spiro atoms. The molecular formula is C24H43NO2. The maximum Gasteiger partial charge on any atom is 0.254 e. The summed E-state index contributed by atoms with van der Waals surface area (Å²) < 4.78 is 0. The van der Waals surface area contributed by atoms with E-state index in [1.54, 1.807) is 0 Å². The van der Waals surface area contributed by atoms with E-state index in [1.807, 2.05) is 0 Å². The van der Waals surface area contributed by atoms with Gasteiger partial charge in [0.1, 0.15) is 0 Å². The quantitative estimate of drug-likeness (QED) is 0.206. The number of hydrogen-bond acceptors (Lipinski definition) is 2. The maximum atomic E-state index is 12.1. The van der Waals surface area contributed by atoms with E-state index in [0.717, 1.165) is 36.8 Å². The molecule has 1 N–H and O–H groups in total. The van der Waals surface area contributed by atoms with E-state index in [1.165, 1.54) is 89.9 Å². The first-order chi connectivity index (χ1) is 13.2. The Balaban J connectivity index is 2.21. The summed E-state index contributed by atoms with van der Waals surface area (Å²) in [7, 11) is 0. The van der Waals surface area contributed by atoms with Crippen LogP contribution in [0.2, 0.25) is 0 Å². The second-order valence-corrected chi connectivity index (χ2v) is 8.19. The highest BCUT2D eigenvalue weighted by molar-refractivity contribution is 6.19. The first-order valence-electron chi connectivity index (χ1n) is 11.8. The van der Waals surface area contributed by atoms with Gasteiger partial charge in [0.2, 0.25) is 0 Å². The molecule has 1 heterocycles. The highest BCUT2D eigenvalue weighted by Gasteiger charge is 2.28. The predicted octanol–water partition coefficient (Wildman–Crippen LogP) is 7.00. The summed E-state index contributed by atoms with van der Waals surface area (Å²) in [6.45, 7) is 4.49. The van der Waals surface area contributed by atoms with Crippen molar-refractivity contribution < 1.29 is 9.59 Å². The van der Waals surface area contributed by atoms with E-state index in [0.29, 0.717) is 0 Å². The third kappa shape index (κ3) is 10.7. The third-order valence-corrected chi connectivity index (χ3v) is 5.70. The molecule has 156 valence electrons. The molecule has 0 atom stereocenters. The number of amides is 2. The topological polar surface area (TPSA) is 46.2 Å². The summed E-state index contributed by atoms with van der Waals surface area (Å²) >= 11 is 0. The lowest BCUT2D eigenvalue weighted by molar-refractivity contribution is -0.124. The third-order valence-electron chi connectivity index (χ3n) is 5.70. The molecule has 1 aliphatic heterocycles. The average molecular weight is 378 g/mol. The molecule has 3 nitrogen and oxygen atoms in total. The number of nitrogens with one attached hydrogen (secondary N) is 1. The molecule has 0 saturated carbocycles. The van der Waals surface area contributed by atoms with Gasteiger partial charge in [0.25, 0.3) is 11.8 Å². The first-order valence-corrected chi connectivity index (χ1v) is 11.8. The summed E-state index contributed by atoms with van der Waals surface area (Å²) in [5, 5.41) is 2.52. The van der Waals surface area contributed by atoms with Gasteiger partial charge in [-0.15, -0.1) is 0 Å². The molecule has 0 aromatic carbocycles. The molecule has 27 heavy (non-hydrogen) atoms. The molecule has 0 aromatic heterocycles. The first kappa shape index (κ1) is 23.9. The van der Waals surface area contributed by atoms with Crippen molar-refractivity contribution in [2.45, 2.75) is 129 Å². The molecule has 2 amide bonds. The SMILES string of the molecule is CCCCCCCCCCC1=C(CCCCCCCCCC)C(=O)NC1=O. The van der Waals surface area contributed by atoms with Gasteiger partial charge in [0.15, 0.2) is 0 Å². The Morgan fingerprint density at radius 3 is 1.11 bits per heavy atom. The number of unbranched alkanes of at least 4 members (excludes halogenated alkanes) is 14. The Labute approximate surface area is 167 Å². The fourth-order valence-corrected chi connectivity index (χ4v) is 3.93. The molecule has 0 aliphatic carbocycles. The van der Waals surface area contributed by atoms with Crippen LogP contribution in [0.3, 0.4) is 0 Å². The monoisotopic (exact) mass is 377 g/mol. The summed E-state index contributed by atoms with van der Waals surface area (Å²) in [5.41, 5.74) is 1.57. The second kappa shape index (κ2) is 15.9. The molecule has 0 radical (unpaired) electrons. The van der Waals surface area contributed by atoms with E-state index >= 15 is 0 Å². The minimum absolute atomic E-state index is 0.127. The normalized spacial score (nSPS) is 14.3. The van der Waals surface area contributed by atoms with Crippen LogP contribution in [-0.4, -0.2) is 11.8 Å². The van der Waals surface area contributed by atoms with Gasteiger partial charge in [-0.05, 0) is 25.7 Å². The van der Waals surface area contributed by atoms with E-state index in [-0.39, 0.29) is 11.8 Å². The molecule has 0 aromatic rings. The van der Waals surface area contributed by atoms with Crippen molar-refractivity contribution >= 4 is 11.8 Å². The minimum Gasteiger partial charge on any atom is -0.289 e. The molecular weight excluding hydrogens is 334 g/mol. The van der Waals surface area contributed by atoms with Crippen LogP contribution in [-0.2, 0) is 9.59 Å². The molecule has 0 unspecified atom stereocenters. The van der Waals surface area contributed by atoms with Crippen LogP contribution in [0.15, 0.2) is 11.1 Å². The van der Waals surface area contributed by atoms with Crippen LogP contribution in [0.4, 0.5) is 0 Å². The van der Waals surface area contributed by atoms with Gasteiger partial charge in [0.05, 0.1) is 0 Å². The van der Waals surface area contributed by atoms with Crippen molar-refractivity contribution in [1.82, 2.24) is 5.32 Å². The Morgan fingerprint density at radius 2 is 0.778 bits per heavy atom. The molecule has 0 fully saturated rings. The molecule has 1 rings (SSSR count). The number of imide groups is 1. The smallest absolute Gasteiger partial charge is 0.254 e. The van der Waals surface area contributed by atoms with Gasteiger partial charge in [-0.1, -0.05) is 104 Å². The highest BCUT2D eigenvalue weighted by atomic mass is 16.2. The second-order valence-electron chi connectivity index (χ2n) is 8.19. The van der Waals surface area contributed by atoms with Crippen LogP contribution < -0.4 is 5.32 Å². The summed E-state index contributed by atoms with van der Waals surface area (Å²) in [6, 6.07) is 0. The van der Waals surface area contributed by atoms with Crippen LogP contribution in [0.1, 0.15) is 129 Å². The van der Waals surface area contributed by atoms with Crippen LogP contribution >= 0.6 is 0 Å². The Hall–Kier alpha value is -1.12. The number of hydrogen-bond donors (Lipinski definition) is 1. The van der Waals surface area contributed by atoms with E-state index < -0.39 is 0 Å². The fraction of sp³-hybridized carbons (Fsp3) is 0.833. The van der Waals surface area contributed by atoms with Crippen molar-refractivity contribution in [1.29, 1.82) is 0 Å². The van der Waals surface area contributed by atoms with Gasteiger partial charge in [0, 0.05) is 11.1 Å². The molecule has 0 bridgehead atoms. The van der Waals surface area contributed by atoms with E-state index in [4.69, 9.17) is 0 Å². The Kier molecular flexibility index (Phi) is 14.1. The van der Waals surface area contributed by atoms with Crippen LogP contribution in [0.25, 0.3) is 0 Å². The minimum atomic E-state index is -0.127. The Morgan fingerprint density at radius 1 is 0.481 bits per heavy atom.